The second-order valence-electron chi connectivity index (χ2n) is 6.89. The van der Waals surface area contributed by atoms with Gasteiger partial charge in [-0.1, -0.05) is 91.0 Å². The van der Waals surface area contributed by atoms with E-state index in [0.717, 1.165) is 16.7 Å². The van der Waals surface area contributed by atoms with E-state index >= 15 is 0 Å². The van der Waals surface area contributed by atoms with Gasteiger partial charge in [0.05, 0.1) is 26.4 Å². The molecule has 0 saturated carbocycles. The Morgan fingerprint density at radius 1 is 0.667 bits per heavy atom. The molecule has 156 valence electrons. The topological polar surface area (TPSA) is 65.0 Å². The molecule has 0 aliphatic carbocycles. The molecule has 0 unspecified atom stereocenters. The summed E-state index contributed by atoms with van der Waals surface area (Å²) in [5.74, 6) is -1.08. The SMILES string of the molecule is O=C(O)[C@H](OCc1ccccc1)[C@H](COCc1ccccc1)OCc1ccccc1. The maximum atomic E-state index is 11.9. The molecule has 2 atom stereocenters. The van der Waals surface area contributed by atoms with Gasteiger partial charge in [0.15, 0.2) is 6.10 Å². The van der Waals surface area contributed by atoms with Crippen LogP contribution in [0.2, 0.25) is 0 Å². The average Bonchev–Trinajstić information content (AvgIpc) is 2.79. The zero-order valence-electron chi connectivity index (χ0n) is 16.7. The molecule has 0 fully saturated rings. The minimum atomic E-state index is -1.15. The predicted octanol–water partition coefficient (Wildman–Crippen LogP) is 4.46. The second-order valence-corrected chi connectivity index (χ2v) is 6.89. The Balaban J connectivity index is 1.64. The molecule has 0 aliphatic heterocycles. The smallest absolute Gasteiger partial charge is 0.335 e. The third-order valence-electron chi connectivity index (χ3n) is 4.55. The quantitative estimate of drug-likeness (QED) is 0.481. The van der Waals surface area contributed by atoms with Crippen molar-refractivity contribution in [3.8, 4) is 0 Å². The Kier molecular flexibility index (Phi) is 8.60. The highest BCUT2D eigenvalue weighted by Gasteiger charge is 2.30. The first-order chi connectivity index (χ1) is 14.7. The summed E-state index contributed by atoms with van der Waals surface area (Å²) in [6.45, 7) is 0.935. The van der Waals surface area contributed by atoms with Crippen LogP contribution in [0.5, 0.6) is 0 Å². The summed E-state index contributed by atoms with van der Waals surface area (Å²) in [5, 5.41) is 9.77. The summed E-state index contributed by atoms with van der Waals surface area (Å²) in [4.78, 5) is 11.9. The van der Waals surface area contributed by atoms with Gasteiger partial charge in [0, 0.05) is 0 Å². The summed E-state index contributed by atoms with van der Waals surface area (Å²) in [5.41, 5.74) is 2.87. The van der Waals surface area contributed by atoms with E-state index in [4.69, 9.17) is 14.2 Å². The first-order valence-corrected chi connectivity index (χ1v) is 9.88. The van der Waals surface area contributed by atoms with Gasteiger partial charge in [-0.15, -0.1) is 0 Å². The fourth-order valence-corrected chi connectivity index (χ4v) is 2.97. The third-order valence-corrected chi connectivity index (χ3v) is 4.55. The van der Waals surface area contributed by atoms with Crippen molar-refractivity contribution in [2.24, 2.45) is 0 Å². The van der Waals surface area contributed by atoms with Crippen LogP contribution in [0.3, 0.4) is 0 Å². The van der Waals surface area contributed by atoms with Crippen molar-refractivity contribution in [1.29, 1.82) is 0 Å². The Morgan fingerprint density at radius 3 is 1.57 bits per heavy atom. The number of aliphatic carboxylic acids is 1. The fraction of sp³-hybridized carbons (Fsp3) is 0.240. The van der Waals surface area contributed by atoms with Crippen LogP contribution in [-0.2, 0) is 38.8 Å². The summed E-state index contributed by atoms with van der Waals surface area (Å²) < 4.78 is 17.5. The van der Waals surface area contributed by atoms with Crippen LogP contribution in [0.4, 0.5) is 0 Å². The van der Waals surface area contributed by atoms with Crippen molar-refractivity contribution >= 4 is 5.97 Å². The molecular formula is C25H26O5. The zero-order chi connectivity index (χ0) is 21.0. The highest BCUT2D eigenvalue weighted by molar-refractivity contribution is 5.73. The van der Waals surface area contributed by atoms with Crippen molar-refractivity contribution in [3.63, 3.8) is 0 Å². The van der Waals surface area contributed by atoms with E-state index in [2.05, 4.69) is 0 Å². The van der Waals surface area contributed by atoms with Crippen LogP contribution in [0, 0.1) is 0 Å². The van der Waals surface area contributed by atoms with Crippen molar-refractivity contribution in [3.05, 3.63) is 108 Å². The molecule has 1 N–H and O–H groups in total. The molecule has 0 spiro atoms. The Bertz CT molecular complexity index is 868. The first-order valence-electron chi connectivity index (χ1n) is 9.88. The molecule has 0 radical (unpaired) electrons. The van der Waals surface area contributed by atoms with E-state index in [0.29, 0.717) is 6.61 Å². The van der Waals surface area contributed by atoms with Crippen LogP contribution in [0.1, 0.15) is 16.7 Å². The maximum absolute atomic E-state index is 11.9. The lowest BCUT2D eigenvalue weighted by atomic mass is 10.2. The molecule has 3 aromatic carbocycles. The number of benzene rings is 3. The molecule has 5 heteroatoms. The number of carboxylic acids is 1. The number of hydrogen-bond donors (Lipinski definition) is 1. The van der Waals surface area contributed by atoms with Crippen molar-refractivity contribution in [1.82, 2.24) is 0 Å². The minimum Gasteiger partial charge on any atom is -0.479 e. The molecule has 0 amide bonds. The third kappa shape index (κ3) is 7.12. The molecule has 0 bridgehead atoms. The largest absolute Gasteiger partial charge is 0.479 e. The number of hydrogen-bond acceptors (Lipinski definition) is 4. The van der Waals surface area contributed by atoms with Crippen LogP contribution < -0.4 is 0 Å². The van der Waals surface area contributed by atoms with E-state index in [1.807, 2.05) is 91.0 Å². The molecule has 3 aromatic rings. The Morgan fingerprint density at radius 2 is 1.10 bits per heavy atom. The highest BCUT2D eigenvalue weighted by Crippen LogP contribution is 2.14. The maximum Gasteiger partial charge on any atom is 0.335 e. The van der Waals surface area contributed by atoms with Crippen molar-refractivity contribution in [2.75, 3.05) is 6.61 Å². The molecule has 5 nitrogen and oxygen atoms in total. The predicted molar refractivity (Wildman–Crippen MR) is 114 cm³/mol. The highest BCUT2D eigenvalue weighted by atomic mass is 16.6. The van der Waals surface area contributed by atoms with Crippen LogP contribution >= 0.6 is 0 Å². The summed E-state index contributed by atoms with van der Waals surface area (Å²) >= 11 is 0. The molecule has 0 saturated heterocycles. The monoisotopic (exact) mass is 406 g/mol. The molecule has 0 aromatic heterocycles. The van der Waals surface area contributed by atoms with Gasteiger partial charge in [0.25, 0.3) is 0 Å². The van der Waals surface area contributed by atoms with Gasteiger partial charge in [-0.3, -0.25) is 0 Å². The molecule has 30 heavy (non-hydrogen) atoms. The van der Waals surface area contributed by atoms with Gasteiger partial charge in [0.2, 0.25) is 0 Å². The van der Waals surface area contributed by atoms with Crippen LogP contribution in [0.25, 0.3) is 0 Å². The minimum absolute atomic E-state index is 0.105. The van der Waals surface area contributed by atoms with Gasteiger partial charge >= 0.3 is 5.97 Å². The Labute approximate surface area is 176 Å². The van der Waals surface area contributed by atoms with Gasteiger partial charge in [-0.05, 0) is 16.7 Å². The van der Waals surface area contributed by atoms with E-state index in [1.165, 1.54) is 0 Å². The molecule has 0 heterocycles. The number of carbonyl (C=O) groups is 1. The van der Waals surface area contributed by atoms with Crippen molar-refractivity contribution < 1.29 is 24.1 Å². The van der Waals surface area contributed by atoms with Crippen molar-refractivity contribution in [2.45, 2.75) is 32.0 Å². The van der Waals surface area contributed by atoms with E-state index < -0.39 is 18.2 Å². The lowest BCUT2D eigenvalue weighted by Crippen LogP contribution is -2.41. The van der Waals surface area contributed by atoms with E-state index in [-0.39, 0.29) is 19.8 Å². The van der Waals surface area contributed by atoms with Gasteiger partial charge < -0.3 is 19.3 Å². The average molecular weight is 406 g/mol. The van der Waals surface area contributed by atoms with Gasteiger partial charge in [0.1, 0.15) is 6.10 Å². The lowest BCUT2D eigenvalue weighted by Gasteiger charge is -2.25. The molecule has 3 rings (SSSR count). The van der Waals surface area contributed by atoms with Gasteiger partial charge in [-0.25, -0.2) is 4.79 Å². The second kappa shape index (κ2) is 11.9. The summed E-state index contributed by atoms with van der Waals surface area (Å²) in [6.07, 6.45) is -1.90. The number of ether oxygens (including phenoxy) is 3. The summed E-state index contributed by atoms with van der Waals surface area (Å²) in [6, 6.07) is 28.8. The summed E-state index contributed by atoms with van der Waals surface area (Å²) in [7, 11) is 0. The first kappa shape index (κ1) is 21.7. The number of rotatable bonds is 12. The lowest BCUT2D eigenvalue weighted by molar-refractivity contribution is -0.170. The van der Waals surface area contributed by atoms with Gasteiger partial charge in [-0.2, -0.15) is 0 Å². The van der Waals surface area contributed by atoms with E-state index in [9.17, 15) is 9.90 Å². The number of carboxylic acid groups (broad SMARTS) is 1. The normalized spacial score (nSPS) is 12.9. The van der Waals surface area contributed by atoms with Crippen LogP contribution in [-0.4, -0.2) is 29.9 Å². The van der Waals surface area contributed by atoms with Crippen LogP contribution in [0.15, 0.2) is 91.0 Å². The fourth-order valence-electron chi connectivity index (χ4n) is 2.97. The standard InChI is InChI=1S/C25H26O5/c26-25(27)24(30-18-22-14-8-3-9-15-22)23(29-17-21-12-6-2-7-13-21)19-28-16-20-10-4-1-5-11-20/h1-15,23-24H,16-19H2,(H,26,27)/t23-,24+/m0/s1. The Hall–Kier alpha value is -2.99. The molecule has 0 aliphatic rings. The van der Waals surface area contributed by atoms with E-state index in [1.54, 1.807) is 0 Å². The zero-order valence-corrected chi connectivity index (χ0v) is 16.7. The molecular weight excluding hydrogens is 380 g/mol.